The Morgan fingerprint density at radius 3 is 2.84 bits per heavy atom. The summed E-state index contributed by atoms with van der Waals surface area (Å²) in [6, 6.07) is 4.18. The normalized spacial score (nSPS) is 19.3. The second-order valence-electron chi connectivity index (χ2n) is 8.72. The van der Waals surface area contributed by atoms with Crippen LogP contribution in [0.2, 0.25) is 10.2 Å². The van der Waals surface area contributed by atoms with Gasteiger partial charge in [-0.2, -0.15) is 4.68 Å². The number of carbonyl (C=O) groups is 2. The summed E-state index contributed by atoms with van der Waals surface area (Å²) in [4.78, 5) is 34.8. The van der Waals surface area contributed by atoms with Crippen LogP contribution in [0.1, 0.15) is 46.4 Å². The van der Waals surface area contributed by atoms with Crippen LogP contribution in [0.3, 0.4) is 0 Å². The molecule has 1 fully saturated rings. The number of nitrogens with zero attached hydrogens (tertiary/aromatic N) is 6. The van der Waals surface area contributed by atoms with Crippen molar-refractivity contribution in [1.82, 2.24) is 35.1 Å². The lowest BCUT2D eigenvalue weighted by Crippen LogP contribution is -2.39. The SMILES string of the molecule is NC(=O)c1cc(-c2nc([C@@H]3CCC4CC(c5c(-n6cnnn6)ccc(Cl)c5F)=CC(=O)N43)[nH]c2Cl)cs1. The average Bonchev–Trinajstić information content (AvgIpc) is 3.66. The van der Waals surface area contributed by atoms with Crippen LogP contribution >= 0.6 is 34.5 Å². The van der Waals surface area contributed by atoms with Crippen LogP contribution in [0.5, 0.6) is 0 Å². The van der Waals surface area contributed by atoms with E-state index in [9.17, 15) is 9.59 Å². The third-order valence-corrected chi connectivity index (χ3v) is 8.12. The van der Waals surface area contributed by atoms with Crippen molar-refractivity contribution in [2.75, 3.05) is 0 Å². The van der Waals surface area contributed by atoms with Crippen LogP contribution in [0.4, 0.5) is 4.39 Å². The largest absolute Gasteiger partial charge is 0.365 e. The minimum absolute atomic E-state index is 0.0578. The number of fused-ring (bicyclic) bond motifs is 1. The first-order valence-corrected chi connectivity index (χ1v) is 12.8. The minimum Gasteiger partial charge on any atom is -0.365 e. The summed E-state index contributed by atoms with van der Waals surface area (Å²) in [6.07, 6.45) is 4.54. The molecule has 0 radical (unpaired) electrons. The van der Waals surface area contributed by atoms with Crippen molar-refractivity contribution in [2.45, 2.75) is 31.3 Å². The molecule has 5 heterocycles. The molecule has 0 bridgehead atoms. The fourth-order valence-corrected chi connectivity index (χ4v) is 6.16. The molecule has 4 aromatic rings. The molecule has 1 unspecified atom stereocenters. The van der Waals surface area contributed by atoms with Gasteiger partial charge in [-0.25, -0.2) is 9.37 Å². The molecule has 10 nitrogen and oxygen atoms in total. The molecule has 2 amide bonds. The smallest absolute Gasteiger partial charge is 0.258 e. The summed E-state index contributed by atoms with van der Waals surface area (Å²) in [5.74, 6) is -0.882. The van der Waals surface area contributed by atoms with Gasteiger partial charge in [-0.1, -0.05) is 23.2 Å². The van der Waals surface area contributed by atoms with E-state index in [1.165, 1.54) is 34.5 Å². The molecule has 3 N–H and O–H groups in total. The maximum Gasteiger partial charge on any atom is 0.258 e. The predicted octanol–water partition coefficient (Wildman–Crippen LogP) is 4.18. The Kier molecular flexibility index (Phi) is 5.81. The first-order valence-electron chi connectivity index (χ1n) is 11.2. The highest BCUT2D eigenvalue weighted by Gasteiger charge is 2.42. The fraction of sp³-hybridized carbons (Fsp3) is 0.217. The van der Waals surface area contributed by atoms with Gasteiger partial charge in [0.25, 0.3) is 5.91 Å². The molecule has 0 aliphatic carbocycles. The number of rotatable bonds is 5. The van der Waals surface area contributed by atoms with E-state index in [0.29, 0.717) is 57.6 Å². The lowest BCUT2D eigenvalue weighted by atomic mass is 9.92. The molecule has 2 aliphatic heterocycles. The number of carbonyl (C=O) groups excluding carboxylic acids is 2. The molecule has 14 heteroatoms. The van der Waals surface area contributed by atoms with E-state index in [4.69, 9.17) is 28.9 Å². The van der Waals surface area contributed by atoms with E-state index in [2.05, 4.69) is 25.5 Å². The standard InChI is InChI=1S/C23H17Cl2FN8O2S/c24-13-2-4-14(33-9-28-31-32-33)18(19(13)26)10-5-12-1-3-15(34(12)17(35)7-10)23-29-20(21(25)30-23)11-6-16(22(27)36)37-8-11/h2,4,6-9,12,15H,1,3,5H2,(H2,27,36)(H,29,30)/t12?,15-/m0/s1. The predicted molar refractivity (Wildman–Crippen MR) is 135 cm³/mol. The summed E-state index contributed by atoms with van der Waals surface area (Å²) in [6.45, 7) is 0. The van der Waals surface area contributed by atoms with E-state index >= 15 is 4.39 Å². The third-order valence-electron chi connectivity index (χ3n) is 6.61. The molecule has 0 saturated carbocycles. The Bertz CT molecular complexity index is 1580. The lowest BCUT2D eigenvalue weighted by Gasteiger charge is -2.33. The highest BCUT2D eigenvalue weighted by atomic mass is 35.5. The van der Waals surface area contributed by atoms with Crippen molar-refractivity contribution in [3.05, 3.63) is 68.2 Å². The van der Waals surface area contributed by atoms with Crippen molar-refractivity contribution >= 4 is 51.9 Å². The van der Waals surface area contributed by atoms with Gasteiger partial charge in [0.15, 0.2) is 5.82 Å². The number of tetrazole rings is 1. The second kappa shape index (κ2) is 9.05. The Labute approximate surface area is 222 Å². The quantitative estimate of drug-likeness (QED) is 0.377. The van der Waals surface area contributed by atoms with Crippen molar-refractivity contribution in [3.63, 3.8) is 0 Å². The van der Waals surface area contributed by atoms with Gasteiger partial charge in [-0.15, -0.1) is 16.4 Å². The van der Waals surface area contributed by atoms with Gasteiger partial charge in [0.05, 0.1) is 21.6 Å². The molecule has 1 saturated heterocycles. The summed E-state index contributed by atoms with van der Waals surface area (Å²) in [7, 11) is 0. The van der Waals surface area contributed by atoms with Gasteiger partial charge in [0, 0.05) is 28.6 Å². The van der Waals surface area contributed by atoms with Crippen LogP contribution in [0.15, 0.2) is 36.0 Å². The van der Waals surface area contributed by atoms with Crippen LogP contribution in [0, 0.1) is 5.82 Å². The zero-order valence-corrected chi connectivity index (χ0v) is 21.2. The second-order valence-corrected chi connectivity index (χ2v) is 10.4. The lowest BCUT2D eigenvalue weighted by molar-refractivity contribution is -0.129. The molecule has 188 valence electrons. The molecule has 0 spiro atoms. The molecule has 1 aromatic carbocycles. The zero-order valence-electron chi connectivity index (χ0n) is 18.9. The van der Waals surface area contributed by atoms with Crippen molar-refractivity contribution in [3.8, 4) is 16.9 Å². The number of H-pyrrole nitrogens is 1. The average molecular weight is 559 g/mol. The van der Waals surface area contributed by atoms with E-state index in [-0.39, 0.29) is 28.6 Å². The number of hydrogen-bond acceptors (Lipinski definition) is 7. The number of thiophene rings is 1. The van der Waals surface area contributed by atoms with Crippen LogP contribution in [0.25, 0.3) is 22.5 Å². The van der Waals surface area contributed by atoms with E-state index in [1.54, 1.807) is 22.4 Å². The van der Waals surface area contributed by atoms with Gasteiger partial charge in [-0.05, 0) is 53.5 Å². The number of primary amides is 1. The van der Waals surface area contributed by atoms with E-state index < -0.39 is 11.7 Å². The highest BCUT2D eigenvalue weighted by Crippen LogP contribution is 2.44. The Morgan fingerprint density at radius 1 is 1.27 bits per heavy atom. The van der Waals surface area contributed by atoms with Gasteiger partial charge in [0.2, 0.25) is 5.91 Å². The molecule has 6 rings (SSSR count). The fourth-order valence-electron chi connectivity index (χ4n) is 5.01. The molecule has 2 aliphatic rings. The topological polar surface area (TPSA) is 136 Å². The number of hydrogen-bond donors (Lipinski definition) is 2. The van der Waals surface area contributed by atoms with E-state index in [1.807, 2.05) is 0 Å². The van der Waals surface area contributed by atoms with Crippen LogP contribution < -0.4 is 5.73 Å². The number of nitrogens with one attached hydrogen (secondary N) is 1. The summed E-state index contributed by atoms with van der Waals surface area (Å²) in [5.41, 5.74) is 7.62. The molecular weight excluding hydrogens is 542 g/mol. The molecule has 3 aromatic heterocycles. The van der Waals surface area contributed by atoms with Gasteiger partial charge >= 0.3 is 0 Å². The molecule has 2 atom stereocenters. The summed E-state index contributed by atoms with van der Waals surface area (Å²) < 4.78 is 16.6. The number of benzene rings is 1. The van der Waals surface area contributed by atoms with Crippen molar-refractivity contribution in [1.29, 1.82) is 0 Å². The summed E-state index contributed by atoms with van der Waals surface area (Å²) in [5, 5.41) is 13.1. The number of halogens is 3. The highest BCUT2D eigenvalue weighted by molar-refractivity contribution is 7.12. The Hall–Kier alpha value is -3.61. The monoisotopic (exact) mass is 558 g/mol. The van der Waals surface area contributed by atoms with Crippen LogP contribution in [-0.2, 0) is 4.79 Å². The maximum absolute atomic E-state index is 15.3. The van der Waals surface area contributed by atoms with E-state index in [0.717, 1.165) is 0 Å². The van der Waals surface area contributed by atoms with Crippen molar-refractivity contribution < 1.29 is 14.0 Å². The molecule has 37 heavy (non-hydrogen) atoms. The number of aromatic amines is 1. The Balaban J connectivity index is 1.33. The summed E-state index contributed by atoms with van der Waals surface area (Å²) >= 11 is 13.7. The minimum atomic E-state index is -0.634. The zero-order chi connectivity index (χ0) is 25.8. The number of amides is 2. The van der Waals surface area contributed by atoms with Gasteiger partial charge in [-0.3, -0.25) is 9.59 Å². The number of imidazole rings is 1. The third kappa shape index (κ3) is 4.01. The van der Waals surface area contributed by atoms with Crippen molar-refractivity contribution in [2.24, 2.45) is 5.73 Å². The van der Waals surface area contributed by atoms with Crippen LogP contribution in [-0.4, -0.2) is 52.9 Å². The molecular formula is C23H17Cl2FN8O2S. The van der Waals surface area contributed by atoms with Gasteiger partial charge < -0.3 is 15.6 Å². The maximum atomic E-state index is 15.3. The Morgan fingerprint density at radius 2 is 2.11 bits per heavy atom. The first-order chi connectivity index (χ1) is 17.8. The first kappa shape index (κ1) is 23.8. The number of nitrogens with two attached hydrogens (primary N) is 1. The number of aromatic nitrogens is 6. The van der Waals surface area contributed by atoms with Gasteiger partial charge in [0.1, 0.15) is 23.0 Å².